The number of aliphatic hydroxyl groups is 1. The molecule has 0 aliphatic heterocycles. The minimum Gasteiger partial charge on any atom is -0.491 e. The number of nitrogens with zero attached hydrogens (tertiary/aromatic N) is 2. The first-order chi connectivity index (χ1) is 12.8. The highest BCUT2D eigenvalue weighted by Gasteiger charge is 2.13. The number of ether oxygens (including phenoxy) is 1. The highest BCUT2D eigenvalue weighted by Crippen LogP contribution is 2.24. The third kappa shape index (κ3) is 4.97. The van der Waals surface area contributed by atoms with E-state index in [2.05, 4.69) is 16.8 Å². The summed E-state index contributed by atoms with van der Waals surface area (Å²) in [6.45, 7) is 3.94. The summed E-state index contributed by atoms with van der Waals surface area (Å²) in [6, 6.07) is 17.3. The average Bonchev–Trinajstić information content (AvgIpc) is 3.16. The fourth-order valence-corrected chi connectivity index (χ4v) is 3.00. The summed E-state index contributed by atoms with van der Waals surface area (Å²) in [6.07, 6.45) is 1.91. The molecule has 5 nitrogen and oxygen atoms in total. The van der Waals surface area contributed by atoms with E-state index < -0.39 is 6.10 Å². The summed E-state index contributed by atoms with van der Waals surface area (Å²) in [5, 5.41) is 18.6. The van der Waals surface area contributed by atoms with Crippen LogP contribution in [0.15, 0.2) is 76.9 Å². The topological polar surface area (TPSA) is 68.4 Å². The lowest BCUT2D eigenvalue weighted by Crippen LogP contribution is -2.20. The van der Waals surface area contributed by atoms with Crippen LogP contribution >= 0.6 is 11.8 Å². The Bertz CT molecular complexity index is 836. The molecule has 0 saturated carbocycles. The van der Waals surface area contributed by atoms with Gasteiger partial charge in [-0.3, -0.25) is 0 Å². The molecule has 1 unspecified atom stereocenters. The minimum absolute atomic E-state index is 0.195. The van der Waals surface area contributed by atoms with E-state index in [9.17, 15) is 5.11 Å². The monoisotopic (exact) mass is 368 g/mol. The van der Waals surface area contributed by atoms with Gasteiger partial charge in [0.2, 0.25) is 5.89 Å². The van der Waals surface area contributed by atoms with E-state index in [-0.39, 0.29) is 6.61 Å². The molecule has 0 fully saturated rings. The van der Waals surface area contributed by atoms with Crippen LogP contribution in [0.5, 0.6) is 5.75 Å². The largest absolute Gasteiger partial charge is 0.491 e. The fraction of sp³-hybridized carbons (Fsp3) is 0.200. The number of thioether (sulfide) groups is 1. The Balaban J connectivity index is 1.50. The SMILES string of the molecule is C=CCc1ccccc1OCC(O)CSc1nnc(-c2ccccc2)o1. The van der Waals surface area contributed by atoms with Crippen LogP contribution < -0.4 is 4.74 Å². The summed E-state index contributed by atoms with van der Waals surface area (Å²) < 4.78 is 11.3. The molecule has 0 amide bonds. The van der Waals surface area contributed by atoms with E-state index in [1.54, 1.807) is 0 Å². The van der Waals surface area contributed by atoms with Crippen molar-refractivity contribution in [2.75, 3.05) is 12.4 Å². The molecule has 1 aromatic heterocycles. The molecule has 0 bridgehead atoms. The lowest BCUT2D eigenvalue weighted by Gasteiger charge is -2.13. The van der Waals surface area contributed by atoms with Gasteiger partial charge in [-0.15, -0.1) is 16.8 Å². The molecular weight excluding hydrogens is 348 g/mol. The Morgan fingerprint density at radius 2 is 1.88 bits per heavy atom. The molecule has 0 aliphatic rings. The Hall–Kier alpha value is -2.57. The van der Waals surface area contributed by atoms with Crippen LogP contribution in [0.2, 0.25) is 0 Å². The number of hydrogen-bond acceptors (Lipinski definition) is 6. The van der Waals surface area contributed by atoms with Crippen LogP contribution in [-0.4, -0.2) is 33.8 Å². The third-order valence-electron chi connectivity index (χ3n) is 3.59. The van der Waals surface area contributed by atoms with Gasteiger partial charge in [-0.1, -0.05) is 54.2 Å². The van der Waals surface area contributed by atoms with Gasteiger partial charge in [-0.05, 0) is 30.2 Å². The molecule has 1 atom stereocenters. The fourth-order valence-electron chi connectivity index (χ4n) is 2.34. The highest BCUT2D eigenvalue weighted by molar-refractivity contribution is 7.99. The minimum atomic E-state index is -0.649. The lowest BCUT2D eigenvalue weighted by atomic mass is 10.1. The van der Waals surface area contributed by atoms with Crippen LogP contribution in [0.4, 0.5) is 0 Å². The van der Waals surface area contributed by atoms with Crippen LogP contribution in [0, 0.1) is 0 Å². The number of aliphatic hydroxyl groups excluding tert-OH is 1. The first-order valence-corrected chi connectivity index (χ1v) is 9.26. The average molecular weight is 368 g/mol. The van der Waals surface area contributed by atoms with Crippen molar-refractivity contribution >= 4 is 11.8 Å². The summed E-state index contributed by atoms with van der Waals surface area (Å²) in [5.41, 5.74) is 1.92. The van der Waals surface area contributed by atoms with Crippen LogP contribution in [-0.2, 0) is 6.42 Å². The first kappa shape index (κ1) is 18.2. The smallest absolute Gasteiger partial charge is 0.276 e. The van der Waals surface area contributed by atoms with Gasteiger partial charge in [0.1, 0.15) is 12.4 Å². The maximum atomic E-state index is 10.2. The maximum absolute atomic E-state index is 10.2. The molecule has 3 rings (SSSR count). The van der Waals surface area contributed by atoms with E-state index in [0.29, 0.717) is 16.9 Å². The zero-order chi connectivity index (χ0) is 18.2. The van der Waals surface area contributed by atoms with Crippen molar-refractivity contribution < 1.29 is 14.3 Å². The van der Waals surface area contributed by atoms with Gasteiger partial charge < -0.3 is 14.3 Å². The first-order valence-electron chi connectivity index (χ1n) is 8.27. The second kappa shape index (κ2) is 9.22. The van der Waals surface area contributed by atoms with Crippen LogP contribution in [0.3, 0.4) is 0 Å². The van der Waals surface area contributed by atoms with Crippen LogP contribution in [0.1, 0.15) is 5.56 Å². The lowest BCUT2D eigenvalue weighted by molar-refractivity contribution is 0.125. The van der Waals surface area contributed by atoms with Crippen LogP contribution in [0.25, 0.3) is 11.5 Å². The Morgan fingerprint density at radius 1 is 1.12 bits per heavy atom. The summed E-state index contributed by atoms with van der Waals surface area (Å²) in [5.74, 6) is 1.64. The molecule has 134 valence electrons. The third-order valence-corrected chi connectivity index (χ3v) is 4.56. The van der Waals surface area contributed by atoms with Gasteiger partial charge in [0.05, 0.1) is 6.10 Å². The second-order valence-corrected chi connectivity index (χ2v) is 6.59. The zero-order valence-corrected chi connectivity index (χ0v) is 15.1. The van der Waals surface area contributed by atoms with E-state index in [4.69, 9.17) is 9.15 Å². The molecule has 1 heterocycles. The quantitative estimate of drug-likeness (QED) is 0.455. The maximum Gasteiger partial charge on any atom is 0.276 e. The van der Waals surface area contributed by atoms with E-state index >= 15 is 0 Å². The predicted octanol–water partition coefficient (Wildman–Crippen LogP) is 4.00. The van der Waals surface area contributed by atoms with Crippen molar-refractivity contribution in [3.8, 4) is 17.2 Å². The molecule has 6 heteroatoms. The summed E-state index contributed by atoms with van der Waals surface area (Å²) >= 11 is 1.31. The summed E-state index contributed by atoms with van der Waals surface area (Å²) in [7, 11) is 0. The van der Waals surface area contributed by atoms with Crippen molar-refractivity contribution in [2.45, 2.75) is 17.7 Å². The van der Waals surface area contributed by atoms with Crippen molar-refractivity contribution in [2.24, 2.45) is 0 Å². The second-order valence-electron chi connectivity index (χ2n) is 5.62. The Morgan fingerprint density at radius 3 is 2.69 bits per heavy atom. The molecule has 1 N–H and O–H groups in total. The highest BCUT2D eigenvalue weighted by atomic mass is 32.2. The molecule has 0 radical (unpaired) electrons. The molecule has 3 aromatic rings. The standard InChI is InChI=1S/C20H20N2O3S/c1-2-8-15-9-6-7-12-18(15)24-13-17(23)14-26-20-22-21-19(25-20)16-10-4-3-5-11-16/h2-7,9-12,17,23H,1,8,13-14H2. The van der Waals surface area contributed by atoms with E-state index in [1.807, 2.05) is 60.7 Å². The number of hydrogen-bond donors (Lipinski definition) is 1. The van der Waals surface area contributed by atoms with Crippen molar-refractivity contribution in [1.82, 2.24) is 10.2 Å². The number of allylic oxidation sites excluding steroid dienone is 1. The van der Waals surface area contributed by atoms with Gasteiger partial charge in [0.25, 0.3) is 5.22 Å². The van der Waals surface area contributed by atoms with Gasteiger partial charge in [0.15, 0.2) is 0 Å². The van der Waals surface area contributed by atoms with E-state index in [1.165, 1.54) is 11.8 Å². The number of para-hydroxylation sites is 1. The normalized spacial score (nSPS) is 11.9. The molecule has 26 heavy (non-hydrogen) atoms. The number of aromatic nitrogens is 2. The van der Waals surface area contributed by atoms with Gasteiger partial charge in [-0.2, -0.15) is 0 Å². The number of rotatable bonds is 9. The zero-order valence-electron chi connectivity index (χ0n) is 14.2. The number of benzene rings is 2. The van der Waals surface area contributed by atoms with Gasteiger partial charge in [-0.25, -0.2) is 0 Å². The van der Waals surface area contributed by atoms with E-state index in [0.717, 1.165) is 23.3 Å². The predicted molar refractivity (Wildman–Crippen MR) is 102 cm³/mol. The molecular formula is C20H20N2O3S. The Kier molecular flexibility index (Phi) is 6.46. The van der Waals surface area contributed by atoms with Gasteiger partial charge in [0, 0.05) is 11.3 Å². The summed E-state index contributed by atoms with van der Waals surface area (Å²) in [4.78, 5) is 0. The van der Waals surface area contributed by atoms with Crippen molar-refractivity contribution in [1.29, 1.82) is 0 Å². The van der Waals surface area contributed by atoms with Crippen molar-refractivity contribution in [3.05, 3.63) is 72.8 Å². The molecule has 0 spiro atoms. The molecule has 0 aliphatic carbocycles. The van der Waals surface area contributed by atoms with Gasteiger partial charge >= 0.3 is 0 Å². The molecule has 2 aromatic carbocycles. The van der Waals surface area contributed by atoms with Crippen molar-refractivity contribution in [3.63, 3.8) is 0 Å². The Labute approximate surface area is 156 Å². The molecule has 0 saturated heterocycles.